The molecule has 5 nitrogen and oxygen atoms in total. The first kappa shape index (κ1) is 16.1. The van der Waals surface area contributed by atoms with E-state index in [0.717, 1.165) is 5.56 Å². The Morgan fingerprint density at radius 2 is 2.29 bits per heavy atom. The number of halogens is 1. The molecule has 0 radical (unpaired) electrons. The summed E-state index contributed by atoms with van der Waals surface area (Å²) >= 11 is 0. The first-order valence-corrected chi connectivity index (χ1v) is 7.61. The van der Waals surface area contributed by atoms with Crippen LogP contribution in [0.3, 0.4) is 0 Å². The lowest BCUT2D eigenvalue weighted by molar-refractivity contribution is -0.116. The summed E-state index contributed by atoms with van der Waals surface area (Å²) in [6.45, 7) is 0.871. The maximum atomic E-state index is 13.6. The van der Waals surface area contributed by atoms with Crippen LogP contribution in [0.15, 0.2) is 42.6 Å². The summed E-state index contributed by atoms with van der Waals surface area (Å²) in [5, 5.41) is 2.76. The molecule has 2 aromatic rings. The number of ether oxygens (including phenoxy) is 2. The zero-order chi connectivity index (χ0) is 16.8. The van der Waals surface area contributed by atoms with Crippen LogP contribution in [0.2, 0.25) is 0 Å². The van der Waals surface area contributed by atoms with Crippen molar-refractivity contribution >= 4 is 12.0 Å². The smallest absolute Gasteiger partial charge is 0.244 e. The van der Waals surface area contributed by atoms with Gasteiger partial charge in [-0.3, -0.25) is 9.78 Å². The Hall–Kier alpha value is -2.73. The Balaban J connectivity index is 1.56. The minimum atomic E-state index is -0.334. The zero-order valence-electron chi connectivity index (χ0n) is 13.0. The van der Waals surface area contributed by atoms with Gasteiger partial charge in [0.2, 0.25) is 5.91 Å². The Morgan fingerprint density at radius 3 is 3.12 bits per heavy atom. The van der Waals surface area contributed by atoms with Crippen LogP contribution < -0.4 is 10.1 Å². The third kappa shape index (κ3) is 4.17. The van der Waals surface area contributed by atoms with Gasteiger partial charge in [0.05, 0.1) is 12.3 Å². The van der Waals surface area contributed by atoms with Crippen molar-refractivity contribution in [3.05, 3.63) is 65.2 Å². The molecule has 1 aliphatic rings. The fourth-order valence-electron chi connectivity index (χ4n) is 2.46. The van der Waals surface area contributed by atoms with Gasteiger partial charge in [-0.2, -0.15) is 0 Å². The number of benzene rings is 1. The SMILES string of the molecule is O=C(/C=C/c1ccccn1)NCCc1cc(F)cc2c1OCOC2. The highest BCUT2D eigenvalue weighted by Crippen LogP contribution is 2.29. The van der Waals surface area contributed by atoms with Gasteiger partial charge in [-0.05, 0) is 42.3 Å². The minimum Gasteiger partial charge on any atom is -0.467 e. The molecule has 3 rings (SSSR count). The largest absolute Gasteiger partial charge is 0.467 e. The van der Waals surface area contributed by atoms with Crippen molar-refractivity contribution in [3.63, 3.8) is 0 Å². The van der Waals surface area contributed by atoms with Gasteiger partial charge >= 0.3 is 0 Å². The highest BCUT2D eigenvalue weighted by Gasteiger charge is 2.16. The van der Waals surface area contributed by atoms with Crippen LogP contribution in [0, 0.1) is 5.82 Å². The molecular formula is C18H17FN2O3. The second-order valence-electron chi connectivity index (χ2n) is 5.29. The highest BCUT2D eigenvalue weighted by molar-refractivity contribution is 5.91. The summed E-state index contributed by atoms with van der Waals surface area (Å²) in [7, 11) is 0. The van der Waals surface area contributed by atoms with Crippen molar-refractivity contribution in [2.45, 2.75) is 13.0 Å². The summed E-state index contributed by atoms with van der Waals surface area (Å²) in [4.78, 5) is 15.9. The number of amides is 1. The molecule has 2 heterocycles. The average Bonchev–Trinajstić information content (AvgIpc) is 2.60. The van der Waals surface area contributed by atoms with Gasteiger partial charge in [-0.25, -0.2) is 4.39 Å². The van der Waals surface area contributed by atoms with E-state index in [-0.39, 0.29) is 18.5 Å². The summed E-state index contributed by atoms with van der Waals surface area (Å²) < 4.78 is 24.2. The van der Waals surface area contributed by atoms with Crippen molar-refractivity contribution in [3.8, 4) is 5.75 Å². The molecule has 1 aliphatic heterocycles. The van der Waals surface area contributed by atoms with Crippen LogP contribution in [0.1, 0.15) is 16.8 Å². The number of nitrogens with zero attached hydrogens (tertiary/aromatic N) is 1. The van der Waals surface area contributed by atoms with Gasteiger partial charge in [-0.15, -0.1) is 0 Å². The molecule has 0 saturated heterocycles. The van der Waals surface area contributed by atoms with E-state index in [2.05, 4.69) is 10.3 Å². The first-order chi connectivity index (χ1) is 11.7. The Labute approximate surface area is 139 Å². The van der Waals surface area contributed by atoms with Gasteiger partial charge in [0, 0.05) is 24.4 Å². The zero-order valence-corrected chi connectivity index (χ0v) is 13.0. The number of carbonyl (C=O) groups excluding carboxylic acids is 1. The molecule has 0 unspecified atom stereocenters. The van der Waals surface area contributed by atoms with Crippen molar-refractivity contribution in [1.82, 2.24) is 10.3 Å². The maximum Gasteiger partial charge on any atom is 0.244 e. The Morgan fingerprint density at radius 1 is 1.38 bits per heavy atom. The van der Waals surface area contributed by atoms with Gasteiger partial charge in [0.25, 0.3) is 0 Å². The number of nitrogens with one attached hydrogen (secondary N) is 1. The van der Waals surface area contributed by atoms with Crippen LogP contribution in [-0.2, 0) is 22.6 Å². The van der Waals surface area contributed by atoms with E-state index >= 15 is 0 Å². The molecule has 124 valence electrons. The van der Waals surface area contributed by atoms with Gasteiger partial charge in [0.15, 0.2) is 6.79 Å². The quantitative estimate of drug-likeness (QED) is 0.857. The van der Waals surface area contributed by atoms with E-state index in [4.69, 9.17) is 9.47 Å². The number of hydrogen-bond donors (Lipinski definition) is 1. The second-order valence-corrected chi connectivity index (χ2v) is 5.29. The lowest BCUT2D eigenvalue weighted by Crippen LogP contribution is -2.24. The molecule has 0 bridgehead atoms. The number of fused-ring (bicyclic) bond motifs is 1. The molecule has 0 fully saturated rings. The van der Waals surface area contributed by atoms with Gasteiger partial charge in [-0.1, -0.05) is 6.07 Å². The molecule has 0 aliphatic carbocycles. The highest BCUT2D eigenvalue weighted by atomic mass is 19.1. The summed E-state index contributed by atoms with van der Waals surface area (Å²) in [5.41, 5.74) is 2.13. The molecule has 0 spiro atoms. The van der Waals surface area contributed by atoms with Gasteiger partial charge in [0.1, 0.15) is 11.6 Å². The summed E-state index contributed by atoms with van der Waals surface area (Å²) in [5.74, 6) is 0.0929. The summed E-state index contributed by atoms with van der Waals surface area (Å²) in [6.07, 6.45) is 5.20. The Kier molecular flexibility index (Phi) is 5.18. The molecule has 0 saturated carbocycles. The van der Waals surface area contributed by atoms with Crippen LogP contribution in [-0.4, -0.2) is 24.2 Å². The fourth-order valence-corrected chi connectivity index (χ4v) is 2.46. The van der Waals surface area contributed by atoms with Crippen LogP contribution >= 0.6 is 0 Å². The van der Waals surface area contributed by atoms with E-state index in [9.17, 15) is 9.18 Å². The molecule has 1 amide bonds. The van der Waals surface area contributed by atoms with Gasteiger partial charge < -0.3 is 14.8 Å². The van der Waals surface area contributed by atoms with Crippen LogP contribution in [0.4, 0.5) is 4.39 Å². The van der Waals surface area contributed by atoms with E-state index in [0.29, 0.717) is 36.6 Å². The first-order valence-electron chi connectivity index (χ1n) is 7.61. The lowest BCUT2D eigenvalue weighted by atomic mass is 10.1. The van der Waals surface area contributed by atoms with E-state index in [1.54, 1.807) is 12.3 Å². The predicted octanol–water partition coefficient (Wildman–Crippen LogP) is 2.46. The van der Waals surface area contributed by atoms with E-state index in [1.807, 2.05) is 18.2 Å². The van der Waals surface area contributed by atoms with Crippen molar-refractivity contribution in [1.29, 1.82) is 0 Å². The van der Waals surface area contributed by atoms with Crippen LogP contribution in [0.5, 0.6) is 5.75 Å². The number of aromatic nitrogens is 1. The molecule has 1 aromatic carbocycles. The molecule has 1 N–H and O–H groups in total. The van der Waals surface area contributed by atoms with Crippen molar-refractivity contribution in [2.75, 3.05) is 13.3 Å². The third-order valence-corrected chi connectivity index (χ3v) is 3.54. The third-order valence-electron chi connectivity index (χ3n) is 3.54. The van der Waals surface area contributed by atoms with Crippen molar-refractivity contribution in [2.24, 2.45) is 0 Å². The normalized spacial score (nSPS) is 13.4. The minimum absolute atomic E-state index is 0.158. The Bertz CT molecular complexity index is 747. The van der Waals surface area contributed by atoms with Crippen molar-refractivity contribution < 1.29 is 18.7 Å². The average molecular weight is 328 g/mol. The molecule has 0 atom stereocenters. The number of pyridine rings is 1. The monoisotopic (exact) mass is 328 g/mol. The molecule has 6 heteroatoms. The van der Waals surface area contributed by atoms with Crippen LogP contribution in [0.25, 0.3) is 6.08 Å². The van der Waals surface area contributed by atoms with E-state index in [1.165, 1.54) is 18.2 Å². The molecular weight excluding hydrogens is 311 g/mol. The van der Waals surface area contributed by atoms with E-state index < -0.39 is 0 Å². The second kappa shape index (κ2) is 7.70. The standard InChI is InChI=1S/C18H17FN2O3/c19-15-9-13(18-14(10-15)11-23-12-24-18)6-8-21-17(22)5-4-16-3-1-2-7-20-16/h1-5,7,9-10H,6,8,11-12H2,(H,21,22)/b5-4+. The number of carbonyl (C=O) groups is 1. The number of hydrogen-bond acceptors (Lipinski definition) is 4. The maximum absolute atomic E-state index is 13.6. The lowest BCUT2D eigenvalue weighted by Gasteiger charge is -2.20. The predicted molar refractivity (Wildman–Crippen MR) is 86.7 cm³/mol. The fraction of sp³-hybridized carbons (Fsp3) is 0.222. The topological polar surface area (TPSA) is 60.5 Å². The summed E-state index contributed by atoms with van der Waals surface area (Å²) in [6, 6.07) is 8.31. The molecule has 1 aromatic heterocycles. The molecule has 24 heavy (non-hydrogen) atoms. The number of rotatable bonds is 5.